The van der Waals surface area contributed by atoms with Crippen LogP contribution in [0, 0.1) is 17.8 Å². The predicted molar refractivity (Wildman–Crippen MR) is 80.7 cm³/mol. The first-order chi connectivity index (χ1) is 8.55. The molecule has 0 N–H and O–H groups in total. The lowest BCUT2D eigenvalue weighted by Gasteiger charge is -2.47. The van der Waals surface area contributed by atoms with E-state index in [1.165, 1.54) is 36.6 Å². The topological polar surface area (TPSA) is 0 Å². The van der Waals surface area contributed by atoms with Crippen molar-refractivity contribution in [2.75, 3.05) is 0 Å². The van der Waals surface area contributed by atoms with Crippen molar-refractivity contribution in [1.29, 1.82) is 0 Å². The minimum absolute atomic E-state index is 0.425. The molecule has 1 heteroatoms. The van der Waals surface area contributed by atoms with Crippen LogP contribution in [-0.2, 0) is 5.41 Å². The highest BCUT2D eigenvalue weighted by atomic mass is 79.9. The molecule has 1 aromatic rings. The quantitative estimate of drug-likeness (QED) is 0.638. The minimum Gasteiger partial charge on any atom is -0.0625 e. The highest BCUT2D eigenvalue weighted by Crippen LogP contribution is 2.51. The summed E-state index contributed by atoms with van der Waals surface area (Å²) in [5.74, 6) is 2.91. The largest absolute Gasteiger partial charge is 0.0625 e. The Bertz CT molecular complexity index is 402. The maximum absolute atomic E-state index is 3.54. The Balaban J connectivity index is 1.85. The summed E-state index contributed by atoms with van der Waals surface area (Å²) in [7, 11) is 0. The average molecular weight is 307 g/mol. The zero-order chi connectivity index (χ0) is 12.8. The van der Waals surface area contributed by atoms with Gasteiger partial charge in [0.1, 0.15) is 0 Å². The van der Waals surface area contributed by atoms with Crippen LogP contribution in [-0.4, -0.2) is 0 Å². The van der Waals surface area contributed by atoms with Crippen molar-refractivity contribution in [2.24, 2.45) is 17.8 Å². The smallest absolute Gasteiger partial charge is 0.0175 e. The van der Waals surface area contributed by atoms with Gasteiger partial charge < -0.3 is 0 Å². The maximum atomic E-state index is 3.54. The molecule has 98 valence electrons. The summed E-state index contributed by atoms with van der Waals surface area (Å²) in [5.41, 5.74) is 1.98. The Kier molecular flexibility index (Phi) is 3.30. The van der Waals surface area contributed by atoms with Gasteiger partial charge in [0.25, 0.3) is 0 Å². The number of fused-ring (bicyclic) bond motifs is 2. The minimum atomic E-state index is 0.425. The molecule has 2 saturated carbocycles. The molecule has 2 aliphatic rings. The molecule has 0 heterocycles. The van der Waals surface area contributed by atoms with Gasteiger partial charge in [-0.25, -0.2) is 0 Å². The highest BCUT2D eigenvalue weighted by molar-refractivity contribution is 9.10. The number of benzene rings is 1. The summed E-state index contributed by atoms with van der Waals surface area (Å²) >= 11 is 3.54. The first-order valence-electron chi connectivity index (χ1n) is 7.31. The van der Waals surface area contributed by atoms with Crippen LogP contribution in [0.4, 0.5) is 0 Å². The number of rotatable bonds is 1. The van der Waals surface area contributed by atoms with Crippen LogP contribution in [0.2, 0.25) is 0 Å². The van der Waals surface area contributed by atoms with E-state index in [0.717, 1.165) is 17.8 Å². The van der Waals surface area contributed by atoms with Crippen molar-refractivity contribution in [2.45, 2.75) is 51.4 Å². The van der Waals surface area contributed by atoms with Crippen molar-refractivity contribution >= 4 is 15.9 Å². The fourth-order valence-corrected chi connectivity index (χ4v) is 4.94. The molecule has 3 rings (SSSR count). The zero-order valence-corrected chi connectivity index (χ0v) is 13.0. The van der Waals surface area contributed by atoms with Crippen LogP contribution in [0.3, 0.4) is 0 Å². The van der Waals surface area contributed by atoms with Crippen LogP contribution in [0.1, 0.15) is 51.5 Å². The Morgan fingerprint density at radius 2 is 1.56 bits per heavy atom. The molecule has 2 fully saturated rings. The van der Waals surface area contributed by atoms with E-state index in [0.29, 0.717) is 5.41 Å². The second kappa shape index (κ2) is 4.67. The van der Waals surface area contributed by atoms with Crippen LogP contribution in [0.5, 0.6) is 0 Å². The summed E-state index contributed by atoms with van der Waals surface area (Å²) < 4.78 is 1.19. The molecule has 0 aromatic heterocycles. The van der Waals surface area contributed by atoms with Crippen molar-refractivity contribution in [1.82, 2.24) is 0 Å². The monoisotopic (exact) mass is 306 g/mol. The lowest BCUT2D eigenvalue weighted by Crippen LogP contribution is -2.38. The maximum Gasteiger partial charge on any atom is 0.0175 e. The van der Waals surface area contributed by atoms with E-state index in [1.54, 1.807) is 5.56 Å². The van der Waals surface area contributed by atoms with Gasteiger partial charge in [-0.2, -0.15) is 0 Å². The molecule has 2 aliphatic carbocycles. The van der Waals surface area contributed by atoms with Gasteiger partial charge in [0.2, 0.25) is 0 Å². The van der Waals surface area contributed by atoms with Gasteiger partial charge in [0.05, 0.1) is 0 Å². The summed E-state index contributed by atoms with van der Waals surface area (Å²) in [5, 5.41) is 0. The Morgan fingerprint density at radius 3 is 2.11 bits per heavy atom. The van der Waals surface area contributed by atoms with E-state index in [1.807, 2.05) is 0 Å². The molecule has 2 unspecified atom stereocenters. The first-order valence-corrected chi connectivity index (χ1v) is 8.10. The first kappa shape index (κ1) is 12.7. The zero-order valence-electron chi connectivity index (χ0n) is 11.5. The number of hydrogen-bond donors (Lipinski definition) is 0. The molecule has 4 atom stereocenters. The standard InChI is InChI=1S/C17H23Br/c1-12-7-13-9-14(8-12)11-17(2,10-13)15-3-5-16(18)6-4-15/h3-6,12-14H,7-11H2,1-2H3/t12-,13+,14?,17?/m0/s1. The van der Waals surface area contributed by atoms with Gasteiger partial charge in [-0.3, -0.25) is 0 Å². The van der Waals surface area contributed by atoms with Gasteiger partial charge in [-0.05, 0) is 73.0 Å². The van der Waals surface area contributed by atoms with Crippen molar-refractivity contribution in [3.63, 3.8) is 0 Å². The third kappa shape index (κ3) is 2.39. The van der Waals surface area contributed by atoms with Crippen LogP contribution in [0.25, 0.3) is 0 Å². The number of halogens is 1. The van der Waals surface area contributed by atoms with E-state index < -0.39 is 0 Å². The lowest BCUT2D eigenvalue weighted by molar-refractivity contribution is 0.0899. The van der Waals surface area contributed by atoms with Crippen LogP contribution >= 0.6 is 15.9 Å². The molecular weight excluding hydrogens is 284 g/mol. The van der Waals surface area contributed by atoms with E-state index in [9.17, 15) is 0 Å². The molecule has 0 amide bonds. The van der Waals surface area contributed by atoms with E-state index in [-0.39, 0.29) is 0 Å². The summed E-state index contributed by atoms with van der Waals surface area (Å²) in [4.78, 5) is 0. The molecule has 0 aliphatic heterocycles. The molecular formula is C17H23Br. The van der Waals surface area contributed by atoms with E-state index in [4.69, 9.17) is 0 Å². The number of hydrogen-bond acceptors (Lipinski definition) is 0. The van der Waals surface area contributed by atoms with E-state index >= 15 is 0 Å². The third-order valence-electron chi connectivity index (χ3n) is 5.16. The van der Waals surface area contributed by atoms with Crippen molar-refractivity contribution in [3.8, 4) is 0 Å². The van der Waals surface area contributed by atoms with Crippen LogP contribution < -0.4 is 0 Å². The van der Waals surface area contributed by atoms with Gasteiger partial charge in [0, 0.05) is 4.47 Å². The molecule has 0 spiro atoms. The Hall–Kier alpha value is -0.300. The SMILES string of the molecule is C[C@@H]1CC2C[C@@H](C1)CC(C)(c1ccc(Br)cc1)C2. The predicted octanol–water partition coefficient (Wildman–Crippen LogP) is 5.55. The summed E-state index contributed by atoms with van der Waals surface area (Å²) in [6.45, 7) is 4.94. The highest BCUT2D eigenvalue weighted by Gasteiger charge is 2.41. The molecule has 0 saturated heterocycles. The second-order valence-electron chi connectivity index (χ2n) is 7.02. The van der Waals surface area contributed by atoms with Gasteiger partial charge in [-0.1, -0.05) is 41.9 Å². The molecule has 1 aromatic carbocycles. The Morgan fingerprint density at radius 1 is 1.00 bits per heavy atom. The summed E-state index contributed by atoms with van der Waals surface area (Å²) in [6, 6.07) is 9.06. The lowest BCUT2D eigenvalue weighted by atomic mass is 9.58. The fraction of sp³-hybridized carbons (Fsp3) is 0.647. The second-order valence-corrected chi connectivity index (χ2v) is 7.94. The third-order valence-corrected chi connectivity index (χ3v) is 5.69. The van der Waals surface area contributed by atoms with Crippen molar-refractivity contribution < 1.29 is 0 Å². The molecule has 18 heavy (non-hydrogen) atoms. The molecule has 0 radical (unpaired) electrons. The van der Waals surface area contributed by atoms with Crippen LogP contribution in [0.15, 0.2) is 28.7 Å². The fourth-order valence-electron chi connectivity index (χ4n) is 4.68. The van der Waals surface area contributed by atoms with Gasteiger partial charge in [0.15, 0.2) is 0 Å². The van der Waals surface area contributed by atoms with E-state index in [2.05, 4.69) is 54.0 Å². The Labute approximate surface area is 119 Å². The molecule has 0 nitrogen and oxygen atoms in total. The van der Waals surface area contributed by atoms with Gasteiger partial charge in [-0.15, -0.1) is 0 Å². The van der Waals surface area contributed by atoms with Gasteiger partial charge >= 0.3 is 0 Å². The molecule has 2 bridgehead atoms. The summed E-state index contributed by atoms with van der Waals surface area (Å²) in [6.07, 6.45) is 7.21. The average Bonchev–Trinajstić information content (AvgIpc) is 2.27. The normalized spacial score (nSPS) is 39.6. The van der Waals surface area contributed by atoms with Crippen molar-refractivity contribution in [3.05, 3.63) is 34.3 Å².